The summed E-state index contributed by atoms with van der Waals surface area (Å²) in [5.41, 5.74) is 0.726. The van der Waals surface area contributed by atoms with Gasteiger partial charge in [0.2, 0.25) is 0 Å². The van der Waals surface area contributed by atoms with Crippen LogP contribution in [-0.4, -0.2) is 48.9 Å². The van der Waals surface area contributed by atoms with E-state index in [4.69, 9.17) is 4.74 Å². The summed E-state index contributed by atoms with van der Waals surface area (Å²) < 4.78 is 30.6. The van der Waals surface area contributed by atoms with E-state index in [-0.39, 0.29) is 18.0 Å². The number of hydrogen-bond donors (Lipinski definition) is 1. The maximum Gasteiger partial charge on any atom is 0.255 e. The third-order valence-corrected chi connectivity index (χ3v) is 3.74. The van der Waals surface area contributed by atoms with Gasteiger partial charge in [-0.1, -0.05) is 13.0 Å². The Kier molecular flexibility index (Phi) is 6.66. The fraction of sp³-hybridized carbons (Fsp3) is 0.529. The molecule has 7 heteroatoms. The minimum Gasteiger partial charge on any atom is -0.368 e. The summed E-state index contributed by atoms with van der Waals surface area (Å²) in [6.07, 6.45) is -0.949. The van der Waals surface area contributed by atoms with E-state index >= 15 is 0 Å². The highest BCUT2D eigenvalue weighted by Gasteiger charge is 2.24. The molecule has 132 valence electrons. The normalized spacial score (nSPS) is 17.1. The van der Waals surface area contributed by atoms with Gasteiger partial charge in [0.25, 0.3) is 18.2 Å². The molecule has 2 rings (SSSR count). The van der Waals surface area contributed by atoms with Crippen LogP contribution in [0.2, 0.25) is 0 Å². The highest BCUT2D eigenvalue weighted by atomic mass is 19.3. The molecular weight excluding hydrogens is 318 g/mol. The summed E-state index contributed by atoms with van der Waals surface area (Å²) in [4.78, 5) is 25.6. The molecule has 1 heterocycles. The first-order chi connectivity index (χ1) is 11.5. The molecule has 1 aliphatic rings. The fourth-order valence-corrected chi connectivity index (χ4v) is 2.63. The number of halogens is 2. The number of carbonyl (C=O) groups is 2. The van der Waals surface area contributed by atoms with E-state index < -0.39 is 25.0 Å². The van der Waals surface area contributed by atoms with Gasteiger partial charge in [0.15, 0.2) is 0 Å². The summed E-state index contributed by atoms with van der Waals surface area (Å²) in [5.74, 6) is -0.722. The Hall–Kier alpha value is -2.02. The number of benzene rings is 1. The van der Waals surface area contributed by atoms with Crippen molar-refractivity contribution in [1.82, 2.24) is 4.90 Å². The summed E-state index contributed by atoms with van der Waals surface area (Å²) in [6, 6.07) is 6.33. The molecule has 0 spiro atoms. The van der Waals surface area contributed by atoms with Crippen molar-refractivity contribution in [3.8, 4) is 0 Å². The third kappa shape index (κ3) is 4.99. The number of ether oxygens (including phenoxy) is 1. The number of anilines is 1. The highest BCUT2D eigenvalue weighted by Crippen LogP contribution is 2.17. The van der Waals surface area contributed by atoms with E-state index in [9.17, 15) is 18.4 Å². The van der Waals surface area contributed by atoms with Crippen molar-refractivity contribution in [3.63, 3.8) is 0 Å². The lowest BCUT2D eigenvalue weighted by Gasteiger charge is -2.22. The number of nitrogens with zero attached hydrogens (tertiary/aromatic N) is 1. The summed E-state index contributed by atoms with van der Waals surface area (Å²) >= 11 is 0. The quantitative estimate of drug-likeness (QED) is 0.830. The van der Waals surface area contributed by atoms with Crippen molar-refractivity contribution >= 4 is 17.5 Å². The molecule has 0 unspecified atom stereocenters. The zero-order valence-electron chi connectivity index (χ0n) is 13.6. The van der Waals surface area contributed by atoms with Gasteiger partial charge in [-0.2, -0.15) is 0 Å². The van der Waals surface area contributed by atoms with Crippen LogP contribution in [0, 0.1) is 0 Å². The second kappa shape index (κ2) is 8.73. The first-order valence-corrected chi connectivity index (χ1v) is 8.11. The molecule has 0 aromatic heterocycles. The van der Waals surface area contributed by atoms with E-state index in [2.05, 4.69) is 5.32 Å². The first kappa shape index (κ1) is 18.3. The van der Waals surface area contributed by atoms with Crippen molar-refractivity contribution in [2.45, 2.75) is 38.7 Å². The second-order valence-electron chi connectivity index (χ2n) is 5.71. The number of alkyl halides is 2. The Morgan fingerprint density at radius 2 is 2.21 bits per heavy atom. The Morgan fingerprint density at radius 1 is 1.42 bits per heavy atom. The average molecular weight is 340 g/mol. The lowest BCUT2D eigenvalue weighted by molar-refractivity contribution is -0.124. The fourth-order valence-electron chi connectivity index (χ4n) is 2.63. The topological polar surface area (TPSA) is 58.6 Å². The zero-order valence-corrected chi connectivity index (χ0v) is 13.6. The van der Waals surface area contributed by atoms with Crippen molar-refractivity contribution < 1.29 is 23.1 Å². The Balaban J connectivity index is 2.07. The Morgan fingerprint density at radius 3 is 2.83 bits per heavy atom. The molecule has 24 heavy (non-hydrogen) atoms. The number of nitrogens with one attached hydrogen (secondary N) is 1. The number of carbonyl (C=O) groups excluding carboxylic acids is 2. The molecule has 1 atom stereocenters. The van der Waals surface area contributed by atoms with Gasteiger partial charge in [-0.3, -0.25) is 9.59 Å². The van der Waals surface area contributed by atoms with Crippen LogP contribution < -0.4 is 5.32 Å². The summed E-state index contributed by atoms with van der Waals surface area (Å²) in [6.45, 7) is 2.05. The Labute approximate surface area is 140 Å². The van der Waals surface area contributed by atoms with Crippen LogP contribution in [0.15, 0.2) is 24.3 Å². The van der Waals surface area contributed by atoms with Crippen LogP contribution >= 0.6 is 0 Å². The predicted octanol–water partition coefficient (Wildman–Crippen LogP) is 2.92. The molecule has 5 nitrogen and oxygen atoms in total. The van der Waals surface area contributed by atoms with Gasteiger partial charge in [0, 0.05) is 24.4 Å². The molecule has 1 aromatic rings. The van der Waals surface area contributed by atoms with Crippen molar-refractivity contribution in [3.05, 3.63) is 29.8 Å². The molecule has 0 radical (unpaired) electrons. The van der Waals surface area contributed by atoms with Crippen LogP contribution in [0.5, 0.6) is 0 Å². The van der Waals surface area contributed by atoms with Crippen LogP contribution in [0.4, 0.5) is 14.5 Å². The van der Waals surface area contributed by atoms with E-state index in [1.54, 1.807) is 18.2 Å². The standard InChI is InChI=1S/C17H22F2N2O3/c1-2-8-21(11-15(18)19)17(23)12-5-3-6-13(10-12)20-16(22)14-7-4-9-24-14/h3,5-6,10,14-15H,2,4,7-9,11H2,1H3,(H,20,22)/t14-/m0/s1. The molecule has 1 aliphatic heterocycles. The monoisotopic (exact) mass is 340 g/mol. The molecular formula is C17H22F2N2O3. The molecule has 1 fully saturated rings. The third-order valence-electron chi connectivity index (χ3n) is 3.74. The molecule has 0 saturated carbocycles. The van der Waals surface area contributed by atoms with Gasteiger partial charge in [0.05, 0.1) is 6.54 Å². The maximum absolute atomic E-state index is 12.6. The smallest absolute Gasteiger partial charge is 0.255 e. The predicted molar refractivity (Wildman–Crippen MR) is 86.2 cm³/mol. The van der Waals surface area contributed by atoms with Gasteiger partial charge in [-0.25, -0.2) is 8.78 Å². The number of hydrogen-bond acceptors (Lipinski definition) is 3. The summed E-state index contributed by atoms with van der Waals surface area (Å²) in [5, 5.41) is 2.71. The first-order valence-electron chi connectivity index (χ1n) is 8.11. The average Bonchev–Trinajstić information content (AvgIpc) is 3.08. The largest absolute Gasteiger partial charge is 0.368 e. The van der Waals surface area contributed by atoms with Crippen LogP contribution in [0.1, 0.15) is 36.5 Å². The number of amides is 2. The van der Waals surface area contributed by atoms with Crippen molar-refractivity contribution in [2.75, 3.05) is 25.0 Å². The minimum atomic E-state index is -2.58. The van der Waals surface area contributed by atoms with E-state index in [0.717, 1.165) is 11.3 Å². The van der Waals surface area contributed by atoms with E-state index in [1.165, 1.54) is 6.07 Å². The molecule has 1 aromatic carbocycles. The zero-order chi connectivity index (χ0) is 17.5. The Bertz CT molecular complexity index is 575. The van der Waals surface area contributed by atoms with Crippen LogP contribution in [0.25, 0.3) is 0 Å². The summed E-state index contributed by atoms with van der Waals surface area (Å²) in [7, 11) is 0. The number of rotatable bonds is 7. The molecule has 2 amide bonds. The SMILES string of the molecule is CCCN(CC(F)F)C(=O)c1cccc(NC(=O)[C@@H]2CCCO2)c1. The van der Waals surface area contributed by atoms with Gasteiger partial charge >= 0.3 is 0 Å². The lowest BCUT2D eigenvalue weighted by atomic mass is 10.1. The molecule has 1 saturated heterocycles. The van der Waals surface area contributed by atoms with Gasteiger partial charge in [-0.05, 0) is 37.5 Å². The van der Waals surface area contributed by atoms with Crippen LogP contribution in [0.3, 0.4) is 0 Å². The molecule has 1 N–H and O–H groups in total. The lowest BCUT2D eigenvalue weighted by Crippen LogP contribution is -2.35. The highest BCUT2D eigenvalue weighted by molar-refractivity contribution is 5.98. The van der Waals surface area contributed by atoms with Crippen molar-refractivity contribution in [1.29, 1.82) is 0 Å². The maximum atomic E-state index is 12.6. The van der Waals surface area contributed by atoms with Gasteiger partial charge in [0.1, 0.15) is 6.10 Å². The molecule has 0 bridgehead atoms. The van der Waals surface area contributed by atoms with Crippen LogP contribution in [-0.2, 0) is 9.53 Å². The van der Waals surface area contributed by atoms with E-state index in [0.29, 0.717) is 25.1 Å². The minimum absolute atomic E-state index is 0.255. The second-order valence-corrected chi connectivity index (χ2v) is 5.71. The van der Waals surface area contributed by atoms with Gasteiger partial charge in [-0.15, -0.1) is 0 Å². The molecule has 0 aliphatic carbocycles. The van der Waals surface area contributed by atoms with Gasteiger partial charge < -0.3 is 15.0 Å². The van der Waals surface area contributed by atoms with Crippen molar-refractivity contribution in [2.24, 2.45) is 0 Å². The van der Waals surface area contributed by atoms with E-state index in [1.807, 2.05) is 6.92 Å².